The monoisotopic (exact) mass is 212 g/mol. The molecule has 0 atom stereocenters. The van der Waals surface area contributed by atoms with E-state index in [9.17, 15) is 9.79 Å². The van der Waals surface area contributed by atoms with Crippen molar-refractivity contribution in [2.75, 3.05) is 12.3 Å². The van der Waals surface area contributed by atoms with Crippen LogP contribution >= 0.6 is 18.5 Å². The van der Waals surface area contributed by atoms with Gasteiger partial charge in [-0.2, -0.15) is 0 Å². The molecule has 0 bridgehead atoms. The van der Waals surface area contributed by atoms with E-state index in [-0.39, 0.29) is 0 Å². The molecule has 4 heteroatoms. The van der Waals surface area contributed by atoms with E-state index in [4.69, 9.17) is 0 Å². The first kappa shape index (κ1) is 12.7. The maximum absolute atomic E-state index is 9.79. The van der Waals surface area contributed by atoms with Crippen LogP contribution in [0.15, 0.2) is 0 Å². The van der Waals surface area contributed by atoms with E-state index in [2.05, 4.69) is 12.2 Å². The van der Waals surface area contributed by atoms with Crippen LogP contribution in [0.4, 0.5) is 0 Å². The Morgan fingerprint density at radius 3 is 1.58 bits per heavy atom. The fraction of sp³-hybridized carbons (Fsp3) is 1.00. The summed E-state index contributed by atoms with van der Waals surface area (Å²) in [7, 11) is 0. The van der Waals surface area contributed by atoms with Crippen LogP contribution in [0, 0.1) is 0 Å². The Morgan fingerprint density at radius 1 is 1.00 bits per heavy atom. The summed E-state index contributed by atoms with van der Waals surface area (Å²) in [6.07, 6.45) is 1.15. The molecule has 0 aromatic heterocycles. The van der Waals surface area contributed by atoms with Gasteiger partial charge in [-0.3, -0.25) is 0 Å². The molecule has 0 aromatic rings. The number of hydrogen-bond acceptors (Lipinski definition) is 3. The van der Waals surface area contributed by atoms with Crippen molar-refractivity contribution in [2.24, 2.45) is 0 Å². The molecule has 0 rings (SSSR count). The first-order valence-electron chi connectivity index (χ1n) is 4.65. The van der Waals surface area contributed by atoms with Gasteiger partial charge in [-0.25, -0.2) is 0 Å². The third-order valence-electron chi connectivity index (χ3n) is 1.94. The third kappa shape index (κ3) is 6.24. The van der Waals surface area contributed by atoms with E-state index >= 15 is 0 Å². The van der Waals surface area contributed by atoms with Crippen LogP contribution in [0.5, 0.6) is 0 Å². The van der Waals surface area contributed by atoms with E-state index in [1.807, 2.05) is 13.8 Å². The molecule has 2 nitrogen and oxygen atoms in total. The number of thiol groups is 1. The Hall–Kier alpha value is 0.700. The van der Waals surface area contributed by atoms with Crippen LogP contribution in [-0.2, 0) is 0 Å². The van der Waals surface area contributed by atoms with Gasteiger partial charge >= 0.3 is 80.1 Å². The molecule has 0 heterocycles. The second-order valence-electron chi connectivity index (χ2n) is 3.49. The fourth-order valence-corrected chi connectivity index (χ4v) is 4.08. The molecule has 0 unspecified atom stereocenters. The van der Waals surface area contributed by atoms with Crippen molar-refractivity contribution in [3.8, 4) is 0 Å². The maximum atomic E-state index is 9.79. The second kappa shape index (κ2) is 4.80. The molecule has 0 aliphatic carbocycles. The van der Waals surface area contributed by atoms with E-state index in [0.717, 1.165) is 25.7 Å². The van der Waals surface area contributed by atoms with Gasteiger partial charge in [0.2, 0.25) is 0 Å². The van der Waals surface area contributed by atoms with Crippen molar-refractivity contribution in [3.63, 3.8) is 0 Å². The summed E-state index contributed by atoms with van der Waals surface area (Å²) in [6.45, 7) is 4.08. The van der Waals surface area contributed by atoms with Gasteiger partial charge in [-0.15, -0.1) is 0 Å². The summed E-state index contributed by atoms with van der Waals surface area (Å²) >= 11 is 4.05. The molecule has 12 heavy (non-hydrogen) atoms. The molecule has 0 amide bonds. The third-order valence-corrected chi connectivity index (χ3v) is 5.60. The first-order valence-corrected chi connectivity index (χ1v) is 8.31. The van der Waals surface area contributed by atoms with Gasteiger partial charge in [0.1, 0.15) is 0 Å². The van der Waals surface area contributed by atoms with Crippen molar-refractivity contribution in [1.82, 2.24) is 0 Å². The van der Waals surface area contributed by atoms with Crippen molar-refractivity contribution in [1.29, 1.82) is 0 Å². The minimum absolute atomic E-state index is 0.477. The van der Waals surface area contributed by atoms with Crippen LogP contribution in [0.1, 0.15) is 39.5 Å². The van der Waals surface area contributed by atoms with Crippen molar-refractivity contribution >= 4 is 18.5 Å². The average Bonchev–Trinajstić information content (AvgIpc) is 1.97. The first-order chi connectivity index (χ1) is 5.39. The molecule has 0 fully saturated rings. The van der Waals surface area contributed by atoms with Gasteiger partial charge in [-0.1, -0.05) is 0 Å². The van der Waals surface area contributed by atoms with E-state index in [1.54, 1.807) is 0 Å². The molecule has 0 saturated heterocycles. The molecule has 76 valence electrons. The van der Waals surface area contributed by atoms with Gasteiger partial charge in [0.15, 0.2) is 0 Å². The van der Waals surface area contributed by atoms with Crippen molar-refractivity contribution in [3.05, 3.63) is 0 Å². The fourth-order valence-electron chi connectivity index (χ4n) is 1.08. The second-order valence-corrected chi connectivity index (χ2v) is 9.84. The molecule has 0 aromatic carbocycles. The topological polar surface area (TPSA) is 40.5 Å². The summed E-state index contributed by atoms with van der Waals surface area (Å²) in [6, 6.07) is 0. The summed E-state index contributed by atoms with van der Waals surface area (Å²) in [4.78, 5) is 19.6. The quantitative estimate of drug-likeness (QED) is 0.468. The number of rotatable bonds is 6. The molecule has 2 N–H and O–H groups in total. The summed E-state index contributed by atoms with van der Waals surface area (Å²) in [5.41, 5.74) is 0. The molecule has 0 aliphatic rings. The van der Waals surface area contributed by atoms with Crippen LogP contribution < -0.4 is 0 Å². The minimum atomic E-state index is -3.51. The van der Waals surface area contributed by atoms with Crippen LogP contribution in [0.25, 0.3) is 0 Å². The van der Waals surface area contributed by atoms with Crippen LogP contribution in [0.3, 0.4) is 0 Å². The molecule has 0 aliphatic heterocycles. The van der Waals surface area contributed by atoms with Crippen LogP contribution in [0.2, 0.25) is 0 Å². The molecule has 0 spiro atoms. The van der Waals surface area contributed by atoms with Gasteiger partial charge in [-0.05, 0) is 0 Å². The molecule has 0 saturated carbocycles. The molecule has 0 radical (unpaired) electrons. The van der Waals surface area contributed by atoms with E-state index in [0.29, 0.717) is 12.3 Å². The average molecular weight is 212 g/mol. The van der Waals surface area contributed by atoms with Gasteiger partial charge in [0, 0.05) is 0 Å². The van der Waals surface area contributed by atoms with E-state index in [1.165, 1.54) is 0 Å². The zero-order chi connectivity index (χ0) is 9.69. The molecular formula is C8H21O2PS. The Balaban J connectivity index is 3.90. The predicted octanol–water partition coefficient (Wildman–Crippen LogP) is 2.80. The van der Waals surface area contributed by atoms with Gasteiger partial charge < -0.3 is 0 Å². The summed E-state index contributed by atoms with van der Waals surface area (Å²) in [5.74, 6) is 0. The molecular weight excluding hydrogens is 191 g/mol. The zero-order valence-electron chi connectivity index (χ0n) is 8.03. The summed E-state index contributed by atoms with van der Waals surface area (Å²) in [5, 5.41) is 0. The summed E-state index contributed by atoms with van der Waals surface area (Å²) < 4.78 is 0. The Kier molecular flexibility index (Phi) is 5.08. The van der Waals surface area contributed by atoms with Crippen LogP contribution in [-0.4, -0.2) is 22.1 Å². The zero-order valence-corrected chi connectivity index (χ0v) is 9.82. The Labute approximate surface area is 80.6 Å². The SMILES string of the molecule is CCCCP(O)(O)(S)CCCC. The van der Waals surface area contributed by atoms with Crippen molar-refractivity contribution < 1.29 is 9.79 Å². The predicted molar refractivity (Wildman–Crippen MR) is 59.9 cm³/mol. The Morgan fingerprint density at radius 2 is 1.33 bits per heavy atom. The van der Waals surface area contributed by atoms with Gasteiger partial charge in [0.05, 0.1) is 0 Å². The normalized spacial score (nSPS) is 15.6. The van der Waals surface area contributed by atoms with E-state index < -0.39 is 6.26 Å². The number of hydrogen-bond donors (Lipinski definition) is 3. The number of unbranched alkanes of at least 4 members (excludes halogenated alkanes) is 2. The van der Waals surface area contributed by atoms with Gasteiger partial charge in [0.25, 0.3) is 0 Å². The van der Waals surface area contributed by atoms with Crippen molar-refractivity contribution in [2.45, 2.75) is 39.5 Å². The Bertz CT molecular complexity index is 119. The standard InChI is InChI=1S/C8H21O2PS/c1-3-5-7-11(9,10,12)8-6-4-2/h9-10,12H,3-8H2,1-2H3.